The van der Waals surface area contributed by atoms with Crippen molar-refractivity contribution in [3.63, 3.8) is 0 Å². The van der Waals surface area contributed by atoms with E-state index in [-0.39, 0.29) is 5.91 Å². The SMILES string of the molecule is C=CN=CN=C(CCC)C(=O)NCCCN1CCc2ccccc2C1. The minimum Gasteiger partial charge on any atom is -0.351 e. The van der Waals surface area contributed by atoms with Crippen LogP contribution in [0.15, 0.2) is 47.0 Å². The number of carbonyl (C=O) groups excluding carboxylic acids is 1. The summed E-state index contributed by atoms with van der Waals surface area (Å²) in [5.74, 6) is -0.0960. The lowest BCUT2D eigenvalue weighted by Crippen LogP contribution is -2.35. The quantitative estimate of drug-likeness (QED) is 0.427. The van der Waals surface area contributed by atoms with Crippen molar-refractivity contribution < 1.29 is 4.79 Å². The molecule has 2 rings (SSSR count). The maximum Gasteiger partial charge on any atom is 0.265 e. The molecule has 0 saturated carbocycles. The van der Waals surface area contributed by atoms with Crippen LogP contribution in [0.5, 0.6) is 0 Å². The van der Waals surface area contributed by atoms with Crippen molar-refractivity contribution in [2.45, 2.75) is 39.2 Å². The van der Waals surface area contributed by atoms with Gasteiger partial charge in [-0.25, -0.2) is 9.98 Å². The van der Waals surface area contributed by atoms with Crippen molar-refractivity contribution in [2.75, 3.05) is 19.6 Å². The molecule has 0 radical (unpaired) electrons. The molecule has 0 atom stereocenters. The van der Waals surface area contributed by atoms with Crippen molar-refractivity contribution in [3.8, 4) is 0 Å². The molecule has 1 aromatic carbocycles. The van der Waals surface area contributed by atoms with E-state index in [1.807, 2.05) is 6.92 Å². The summed E-state index contributed by atoms with van der Waals surface area (Å²) in [6, 6.07) is 8.64. The van der Waals surface area contributed by atoms with Crippen LogP contribution < -0.4 is 5.32 Å². The van der Waals surface area contributed by atoms with Gasteiger partial charge in [-0.2, -0.15) is 0 Å². The predicted molar refractivity (Wildman–Crippen MR) is 104 cm³/mol. The second-order valence-electron chi connectivity index (χ2n) is 6.18. The zero-order chi connectivity index (χ0) is 17.9. The Labute approximate surface area is 150 Å². The Balaban J connectivity index is 1.73. The Morgan fingerprint density at radius 1 is 1.36 bits per heavy atom. The standard InChI is InChI=1S/C20H28N4O/c1-3-8-19(23-16-21-4-2)20(25)22-12-7-13-24-14-11-17-9-5-6-10-18(17)15-24/h4-6,9-10,16H,2-3,7-8,11-15H2,1H3,(H,22,25). The van der Waals surface area contributed by atoms with Crippen LogP contribution in [-0.4, -0.2) is 42.5 Å². The van der Waals surface area contributed by atoms with E-state index in [4.69, 9.17) is 0 Å². The van der Waals surface area contributed by atoms with Crippen molar-refractivity contribution in [1.82, 2.24) is 10.2 Å². The van der Waals surface area contributed by atoms with Crippen molar-refractivity contribution >= 4 is 18.0 Å². The number of amides is 1. The topological polar surface area (TPSA) is 57.1 Å². The maximum atomic E-state index is 12.2. The van der Waals surface area contributed by atoms with E-state index in [0.717, 1.165) is 38.9 Å². The fourth-order valence-electron chi connectivity index (χ4n) is 2.98. The number of nitrogens with one attached hydrogen (secondary N) is 1. The van der Waals surface area contributed by atoms with Gasteiger partial charge in [0.25, 0.3) is 5.91 Å². The zero-order valence-corrected chi connectivity index (χ0v) is 15.1. The summed E-state index contributed by atoms with van der Waals surface area (Å²) in [7, 11) is 0. The van der Waals surface area contributed by atoms with Gasteiger partial charge < -0.3 is 5.32 Å². The van der Waals surface area contributed by atoms with Crippen molar-refractivity contribution in [2.24, 2.45) is 9.98 Å². The average Bonchev–Trinajstić information content (AvgIpc) is 2.64. The van der Waals surface area contributed by atoms with E-state index < -0.39 is 0 Å². The largest absolute Gasteiger partial charge is 0.351 e. The van der Waals surface area contributed by atoms with Crippen LogP contribution in [0.1, 0.15) is 37.3 Å². The highest BCUT2D eigenvalue weighted by molar-refractivity contribution is 6.39. The van der Waals surface area contributed by atoms with Crippen LogP contribution in [0.2, 0.25) is 0 Å². The van der Waals surface area contributed by atoms with Gasteiger partial charge in [0.05, 0.1) is 0 Å². The molecular formula is C20H28N4O. The first kappa shape index (κ1) is 19.1. The predicted octanol–water partition coefficient (Wildman–Crippen LogP) is 2.96. The average molecular weight is 340 g/mol. The van der Waals surface area contributed by atoms with Gasteiger partial charge in [-0.1, -0.05) is 44.2 Å². The molecule has 0 aromatic heterocycles. The maximum absolute atomic E-state index is 12.2. The molecule has 0 aliphatic carbocycles. The third-order valence-corrected chi connectivity index (χ3v) is 4.28. The molecule has 5 nitrogen and oxygen atoms in total. The summed E-state index contributed by atoms with van der Waals surface area (Å²) in [6.45, 7) is 9.28. The third-order valence-electron chi connectivity index (χ3n) is 4.28. The number of hydrogen-bond acceptors (Lipinski definition) is 3. The number of hydrogen-bond donors (Lipinski definition) is 1. The normalized spacial score (nSPS) is 15.2. The third kappa shape index (κ3) is 6.27. The molecule has 134 valence electrons. The number of fused-ring (bicyclic) bond motifs is 1. The van der Waals surface area contributed by atoms with Crippen LogP contribution in [-0.2, 0) is 17.8 Å². The summed E-state index contributed by atoms with van der Waals surface area (Å²) in [4.78, 5) is 22.6. The van der Waals surface area contributed by atoms with Gasteiger partial charge in [0.15, 0.2) is 0 Å². The molecule has 5 heteroatoms. The smallest absolute Gasteiger partial charge is 0.265 e. The monoisotopic (exact) mass is 340 g/mol. The Kier molecular flexibility index (Phi) is 8.05. The second kappa shape index (κ2) is 10.6. The first-order valence-corrected chi connectivity index (χ1v) is 9.01. The molecule has 1 heterocycles. The lowest BCUT2D eigenvalue weighted by molar-refractivity contribution is -0.114. The Morgan fingerprint density at radius 2 is 2.16 bits per heavy atom. The van der Waals surface area contributed by atoms with Gasteiger partial charge in [-0.3, -0.25) is 9.69 Å². The van der Waals surface area contributed by atoms with Gasteiger partial charge in [0.1, 0.15) is 12.1 Å². The number of carbonyl (C=O) groups is 1. The first-order valence-electron chi connectivity index (χ1n) is 9.01. The van der Waals surface area contributed by atoms with Gasteiger partial charge in [-0.05, 0) is 30.4 Å². The van der Waals surface area contributed by atoms with Gasteiger partial charge in [0, 0.05) is 32.4 Å². The van der Waals surface area contributed by atoms with E-state index in [2.05, 4.69) is 51.0 Å². The molecule has 1 aliphatic rings. The molecule has 0 spiro atoms. The highest BCUT2D eigenvalue weighted by Crippen LogP contribution is 2.18. The van der Waals surface area contributed by atoms with Crippen LogP contribution in [0, 0.1) is 0 Å². The molecular weight excluding hydrogens is 312 g/mol. The van der Waals surface area contributed by atoms with Crippen LogP contribution in [0.4, 0.5) is 0 Å². The van der Waals surface area contributed by atoms with Gasteiger partial charge >= 0.3 is 0 Å². The van der Waals surface area contributed by atoms with Crippen molar-refractivity contribution in [3.05, 3.63) is 48.2 Å². The van der Waals surface area contributed by atoms with E-state index in [0.29, 0.717) is 18.7 Å². The summed E-state index contributed by atoms with van der Waals surface area (Å²) in [6.07, 6.45) is 6.36. The number of benzene rings is 1. The first-order chi connectivity index (χ1) is 12.2. The molecule has 1 amide bonds. The van der Waals surface area contributed by atoms with Gasteiger partial charge in [-0.15, -0.1) is 0 Å². The lowest BCUT2D eigenvalue weighted by atomic mass is 10.00. The second-order valence-corrected chi connectivity index (χ2v) is 6.18. The summed E-state index contributed by atoms with van der Waals surface area (Å²) in [5.41, 5.74) is 3.42. The number of nitrogens with zero attached hydrogens (tertiary/aromatic N) is 3. The van der Waals surface area contributed by atoms with Gasteiger partial charge in [0.2, 0.25) is 0 Å². The Morgan fingerprint density at radius 3 is 2.92 bits per heavy atom. The summed E-state index contributed by atoms with van der Waals surface area (Å²) in [5, 5.41) is 2.97. The van der Waals surface area contributed by atoms with E-state index in [9.17, 15) is 4.79 Å². The molecule has 1 aromatic rings. The molecule has 0 saturated heterocycles. The van der Waals surface area contributed by atoms with E-state index in [1.165, 1.54) is 23.7 Å². The van der Waals surface area contributed by atoms with Crippen molar-refractivity contribution in [1.29, 1.82) is 0 Å². The lowest BCUT2D eigenvalue weighted by Gasteiger charge is -2.28. The molecule has 25 heavy (non-hydrogen) atoms. The minimum absolute atomic E-state index is 0.0960. The number of rotatable bonds is 9. The molecule has 0 bridgehead atoms. The molecule has 0 fully saturated rings. The highest BCUT2D eigenvalue weighted by Gasteiger charge is 2.15. The van der Waals surface area contributed by atoms with Crippen LogP contribution in [0.25, 0.3) is 0 Å². The molecule has 1 N–H and O–H groups in total. The Bertz CT molecular complexity index is 636. The van der Waals surface area contributed by atoms with Crippen LogP contribution >= 0.6 is 0 Å². The fraction of sp³-hybridized carbons (Fsp3) is 0.450. The minimum atomic E-state index is -0.0960. The Hall–Kier alpha value is -2.27. The van der Waals surface area contributed by atoms with E-state index in [1.54, 1.807) is 0 Å². The molecule has 0 unspecified atom stereocenters. The fourth-order valence-corrected chi connectivity index (χ4v) is 2.98. The van der Waals surface area contributed by atoms with E-state index >= 15 is 0 Å². The summed E-state index contributed by atoms with van der Waals surface area (Å²) < 4.78 is 0. The summed E-state index contributed by atoms with van der Waals surface area (Å²) >= 11 is 0. The highest BCUT2D eigenvalue weighted by atomic mass is 16.1. The number of aliphatic imine (C=N–C) groups is 2. The molecule has 1 aliphatic heterocycles. The van der Waals surface area contributed by atoms with Crippen LogP contribution in [0.3, 0.4) is 0 Å². The zero-order valence-electron chi connectivity index (χ0n) is 15.1.